The van der Waals surface area contributed by atoms with E-state index < -0.39 is 35.7 Å². The van der Waals surface area contributed by atoms with Crippen molar-refractivity contribution in [1.82, 2.24) is 16.0 Å². The van der Waals surface area contributed by atoms with Gasteiger partial charge < -0.3 is 36.3 Å². The Bertz CT molecular complexity index is 1130. The summed E-state index contributed by atoms with van der Waals surface area (Å²) in [5.41, 5.74) is 7.30. The maximum atomic E-state index is 13.5. The van der Waals surface area contributed by atoms with Gasteiger partial charge in [0.2, 0.25) is 5.91 Å². The Morgan fingerprint density at radius 2 is 1.73 bits per heavy atom. The number of aliphatic hydroxyl groups is 1. The van der Waals surface area contributed by atoms with Gasteiger partial charge in [0.1, 0.15) is 24.3 Å². The smallest absolute Gasteiger partial charge is 0.408 e. The average molecular weight is 572 g/mol. The number of ether oxygens (including phenoxy) is 2. The monoisotopic (exact) mass is 571 g/mol. The molecule has 1 rings (SSSR count). The molecule has 0 aromatic heterocycles. The molecule has 0 fully saturated rings. The summed E-state index contributed by atoms with van der Waals surface area (Å²) in [4.78, 5) is 39.3. The molecule has 0 spiro atoms. The van der Waals surface area contributed by atoms with Crippen LogP contribution in [0.5, 0.6) is 0 Å². The highest BCUT2D eigenvalue weighted by atomic mass is 16.6. The number of nitrogens with two attached hydrogens (primary N) is 1. The van der Waals surface area contributed by atoms with E-state index in [1.54, 1.807) is 40.7 Å². The van der Waals surface area contributed by atoms with E-state index in [0.717, 1.165) is 5.56 Å². The number of allylic oxidation sites excluding steroid dienone is 4. The fourth-order valence-electron chi connectivity index (χ4n) is 3.82. The molecule has 0 radical (unpaired) electrons. The number of rotatable bonds is 14. The van der Waals surface area contributed by atoms with Gasteiger partial charge in [-0.15, -0.1) is 0 Å². The number of hydrogen-bond acceptors (Lipinski definition) is 7. The number of carbonyl (C=O) groups is 3. The van der Waals surface area contributed by atoms with Crippen LogP contribution >= 0.6 is 0 Å². The molecule has 7 N–H and O–H groups in total. The van der Waals surface area contributed by atoms with Crippen LogP contribution in [0.2, 0.25) is 0 Å². The zero-order chi connectivity index (χ0) is 31.2. The molecule has 0 bridgehead atoms. The van der Waals surface area contributed by atoms with Crippen LogP contribution in [0.25, 0.3) is 0 Å². The van der Waals surface area contributed by atoms with Crippen molar-refractivity contribution in [2.45, 2.75) is 85.1 Å². The molecule has 1 aromatic carbocycles. The third kappa shape index (κ3) is 14.6. The zero-order valence-corrected chi connectivity index (χ0v) is 24.9. The molecule has 0 heterocycles. The molecule has 0 aliphatic heterocycles. The molecule has 0 unspecified atom stereocenters. The van der Waals surface area contributed by atoms with Gasteiger partial charge >= 0.3 is 12.1 Å². The van der Waals surface area contributed by atoms with Crippen molar-refractivity contribution in [3.8, 4) is 0 Å². The average Bonchev–Trinajstić information content (AvgIpc) is 2.85. The summed E-state index contributed by atoms with van der Waals surface area (Å²) in [7, 11) is 0. The number of alkyl carbamates (subject to hydrolysis) is 1. The second-order valence-electron chi connectivity index (χ2n) is 10.8. The van der Waals surface area contributed by atoms with Crippen LogP contribution in [0.15, 0.2) is 65.5 Å². The Morgan fingerprint density at radius 3 is 2.27 bits per heavy atom. The van der Waals surface area contributed by atoms with Gasteiger partial charge in [0.05, 0.1) is 5.76 Å². The molecule has 11 heteroatoms. The van der Waals surface area contributed by atoms with E-state index in [1.807, 2.05) is 30.3 Å². The molecule has 0 saturated carbocycles. The van der Waals surface area contributed by atoms with E-state index in [0.29, 0.717) is 29.7 Å². The molecule has 2 atom stereocenters. The lowest BCUT2D eigenvalue weighted by atomic mass is 9.95. The summed E-state index contributed by atoms with van der Waals surface area (Å²) >= 11 is 0. The maximum absolute atomic E-state index is 13.5. The number of nitrogens with one attached hydrogen (secondary N) is 4. The Hall–Kier alpha value is -4.28. The van der Waals surface area contributed by atoms with Crippen LogP contribution in [-0.2, 0) is 25.7 Å². The van der Waals surface area contributed by atoms with E-state index in [4.69, 9.17) is 20.6 Å². The van der Waals surface area contributed by atoms with E-state index in [-0.39, 0.29) is 31.2 Å². The largest absolute Gasteiger partial charge is 0.513 e. The lowest BCUT2D eigenvalue weighted by molar-refractivity contribution is -0.149. The summed E-state index contributed by atoms with van der Waals surface area (Å²) < 4.78 is 10.9. The molecular formula is C30H45N5O6. The molecule has 2 amide bonds. The van der Waals surface area contributed by atoms with Gasteiger partial charge in [-0.2, -0.15) is 0 Å². The topological polar surface area (TPSA) is 176 Å². The van der Waals surface area contributed by atoms with Crippen molar-refractivity contribution in [2.75, 3.05) is 6.54 Å². The zero-order valence-electron chi connectivity index (χ0n) is 24.9. The fraction of sp³-hybridized carbons (Fsp3) is 0.467. The normalized spacial score (nSPS) is 13.7. The Labute approximate surface area is 242 Å². The number of aliphatic hydroxyl groups excluding tert-OH is 1. The predicted molar refractivity (Wildman–Crippen MR) is 159 cm³/mol. The van der Waals surface area contributed by atoms with Crippen LogP contribution < -0.4 is 21.7 Å². The predicted octanol–water partition coefficient (Wildman–Crippen LogP) is 4.12. The van der Waals surface area contributed by atoms with Crippen molar-refractivity contribution >= 4 is 23.9 Å². The summed E-state index contributed by atoms with van der Waals surface area (Å²) in [6.07, 6.45) is 1.35. The van der Waals surface area contributed by atoms with Crippen LogP contribution in [-0.4, -0.2) is 53.3 Å². The SMILES string of the molecule is C=C(C)/C(C[C@H](NC(=O)[C@@H](CCCNC(=N)N)NC(=O)OC(C)(C)C)C(=O)OCc1ccccc1)=C(C)\C=C(/C)O. The number of benzene rings is 1. The third-order valence-electron chi connectivity index (χ3n) is 5.64. The number of hydrogen-bond donors (Lipinski definition) is 6. The minimum atomic E-state index is -1.13. The van der Waals surface area contributed by atoms with Crippen LogP contribution in [0.4, 0.5) is 4.79 Å². The number of amides is 2. The van der Waals surface area contributed by atoms with Gasteiger partial charge in [-0.1, -0.05) is 42.5 Å². The Kier molecular flexibility index (Phi) is 14.2. The van der Waals surface area contributed by atoms with Crippen molar-refractivity contribution in [1.29, 1.82) is 5.41 Å². The molecule has 0 saturated heterocycles. The van der Waals surface area contributed by atoms with Gasteiger partial charge in [-0.25, -0.2) is 9.59 Å². The van der Waals surface area contributed by atoms with Crippen molar-refractivity contribution < 1.29 is 29.0 Å². The quantitative estimate of drug-likeness (QED) is 0.0482. The van der Waals surface area contributed by atoms with E-state index in [9.17, 15) is 19.5 Å². The lowest BCUT2D eigenvalue weighted by Crippen LogP contribution is -2.53. The number of esters is 1. The Balaban J connectivity index is 3.27. The summed E-state index contributed by atoms with van der Waals surface area (Å²) in [5.74, 6) is -1.43. The second-order valence-corrected chi connectivity index (χ2v) is 10.8. The molecule has 226 valence electrons. The molecular weight excluding hydrogens is 526 g/mol. The van der Waals surface area contributed by atoms with Gasteiger partial charge in [-0.05, 0) is 77.2 Å². The summed E-state index contributed by atoms with van der Waals surface area (Å²) in [6.45, 7) is 14.5. The van der Waals surface area contributed by atoms with E-state index in [1.165, 1.54) is 6.92 Å². The molecule has 0 aliphatic carbocycles. The highest BCUT2D eigenvalue weighted by Gasteiger charge is 2.30. The first-order valence-electron chi connectivity index (χ1n) is 13.4. The minimum Gasteiger partial charge on any atom is -0.513 e. The number of guanidine groups is 1. The highest BCUT2D eigenvalue weighted by Crippen LogP contribution is 2.22. The summed E-state index contributed by atoms with van der Waals surface area (Å²) in [5, 5.41) is 25.1. The molecule has 41 heavy (non-hydrogen) atoms. The van der Waals surface area contributed by atoms with Crippen molar-refractivity contribution in [3.05, 3.63) is 71.0 Å². The molecule has 0 aliphatic rings. The van der Waals surface area contributed by atoms with Gasteiger partial charge in [0.15, 0.2) is 5.96 Å². The Morgan fingerprint density at radius 1 is 1.10 bits per heavy atom. The van der Waals surface area contributed by atoms with Crippen LogP contribution in [0, 0.1) is 5.41 Å². The van der Waals surface area contributed by atoms with Gasteiger partial charge in [0.25, 0.3) is 0 Å². The molecule has 1 aromatic rings. The van der Waals surface area contributed by atoms with Crippen LogP contribution in [0.1, 0.15) is 66.4 Å². The third-order valence-corrected chi connectivity index (χ3v) is 5.64. The standard InChI is InChI=1S/C30H45N5O6/c1-19(2)23(20(3)16-21(4)36)17-25(27(38)40-18-22-12-9-8-10-13-22)34-26(37)24(14-11-15-33-28(31)32)35-29(39)41-30(5,6)7/h8-10,12-13,16,24-25,36H,1,11,14-15,17-18H2,2-7H3,(H,34,37)(H,35,39)(H4,31,32,33)/b21-16+,23-20-/t24-,25+/m1/s1. The first-order chi connectivity index (χ1) is 19.1. The van der Waals surface area contributed by atoms with Gasteiger partial charge in [-0.3, -0.25) is 10.2 Å². The summed E-state index contributed by atoms with van der Waals surface area (Å²) in [6, 6.07) is 6.95. The second kappa shape index (κ2) is 16.7. The minimum absolute atomic E-state index is 0.00307. The van der Waals surface area contributed by atoms with Crippen molar-refractivity contribution in [2.24, 2.45) is 5.73 Å². The van der Waals surface area contributed by atoms with E-state index in [2.05, 4.69) is 22.5 Å². The fourth-order valence-corrected chi connectivity index (χ4v) is 3.82. The van der Waals surface area contributed by atoms with Crippen LogP contribution in [0.3, 0.4) is 0 Å². The first-order valence-corrected chi connectivity index (χ1v) is 13.4. The maximum Gasteiger partial charge on any atom is 0.408 e. The lowest BCUT2D eigenvalue weighted by Gasteiger charge is -2.26. The van der Waals surface area contributed by atoms with Crippen molar-refractivity contribution in [3.63, 3.8) is 0 Å². The first kappa shape index (κ1) is 34.7. The van der Waals surface area contributed by atoms with E-state index >= 15 is 0 Å². The number of carbonyl (C=O) groups excluding carboxylic acids is 3. The molecule has 11 nitrogen and oxygen atoms in total. The van der Waals surface area contributed by atoms with Gasteiger partial charge in [0, 0.05) is 13.0 Å². The highest BCUT2D eigenvalue weighted by molar-refractivity contribution is 5.90.